The van der Waals surface area contributed by atoms with E-state index in [4.69, 9.17) is 9.97 Å². The predicted molar refractivity (Wildman–Crippen MR) is 175 cm³/mol. The summed E-state index contributed by atoms with van der Waals surface area (Å²) >= 11 is 1.48. The Kier molecular flexibility index (Phi) is 9.23. The monoisotopic (exact) mass is 689 g/mol. The average molecular weight is 690 g/mol. The third-order valence-electron chi connectivity index (χ3n) is 7.90. The second-order valence-corrected chi connectivity index (χ2v) is 15.8. The first-order chi connectivity index (χ1) is 21.9. The van der Waals surface area contributed by atoms with Crippen molar-refractivity contribution in [3.63, 3.8) is 0 Å². The van der Waals surface area contributed by atoms with Crippen molar-refractivity contribution in [1.82, 2.24) is 19.7 Å². The van der Waals surface area contributed by atoms with Crippen molar-refractivity contribution >= 4 is 48.2 Å². The number of rotatable bonds is 10. The molecule has 1 saturated heterocycles. The van der Waals surface area contributed by atoms with Crippen molar-refractivity contribution in [3.05, 3.63) is 66.4 Å². The standard InChI is InChI=1S/C30H33F2N7O4S3/c1-45(40,41)37-21-12-10-20(11-13-21)34-29-33-15-14-25(35-29)27-26(36-30(44-27)39-16-2-3-17-39)19-6-4-7-22(18-19)38-46(42,43)28-23(31)8-5-9-24(28)32/h4-9,14-15,18,20-21,37-38H,2-3,10-13,16-17H2,1H3,(H,33,34,35)/t20-,21-. The zero-order valence-electron chi connectivity index (χ0n) is 24.9. The van der Waals surface area contributed by atoms with E-state index in [-0.39, 0.29) is 17.8 Å². The molecule has 1 aliphatic heterocycles. The summed E-state index contributed by atoms with van der Waals surface area (Å²) in [4.78, 5) is 16.1. The van der Waals surface area contributed by atoms with Crippen LogP contribution in [0.2, 0.25) is 0 Å². The minimum atomic E-state index is -4.56. The molecular weight excluding hydrogens is 657 g/mol. The molecule has 46 heavy (non-hydrogen) atoms. The van der Waals surface area contributed by atoms with Crippen LogP contribution < -0.4 is 19.7 Å². The first-order valence-electron chi connectivity index (χ1n) is 14.9. The third-order valence-corrected chi connectivity index (χ3v) is 11.2. The summed E-state index contributed by atoms with van der Waals surface area (Å²) in [6.45, 7) is 1.74. The zero-order valence-corrected chi connectivity index (χ0v) is 27.4. The Hall–Kier alpha value is -3.73. The quantitative estimate of drug-likeness (QED) is 0.204. The van der Waals surface area contributed by atoms with Crippen LogP contribution in [0, 0.1) is 11.6 Å². The first-order valence-corrected chi connectivity index (χ1v) is 19.0. The number of aromatic nitrogens is 3. The summed E-state index contributed by atoms with van der Waals surface area (Å²) in [6, 6.07) is 11.2. The minimum Gasteiger partial charge on any atom is -0.351 e. The van der Waals surface area contributed by atoms with E-state index in [0.717, 1.165) is 67.0 Å². The van der Waals surface area contributed by atoms with Crippen LogP contribution in [-0.4, -0.2) is 63.2 Å². The number of thiazole rings is 1. The maximum atomic E-state index is 14.3. The number of nitrogens with one attached hydrogen (secondary N) is 3. The Morgan fingerprint density at radius 3 is 2.26 bits per heavy atom. The van der Waals surface area contributed by atoms with E-state index in [0.29, 0.717) is 35.7 Å². The molecule has 2 aliphatic rings. The summed E-state index contributed by atoms with van der Waals surface area (Å²) < 4.78 is 82.8. The number of hydrogen-bond donors (Lipinski definition) is 3. The van der Waals surface area contributed by atoms with Crippen molar-refractivity contribution in [2.24, 2.45) is 0 Å². The lowest BCUT2D eigenvalue weighted by atomic mass is 9.92. The van der Waals surface area contributed by atoms with Crippen LogP contribution >= 0.6 is 11.3 Å². The highest BCUT2D eigenvalue weighted by Crippen LogP contribution is 2.41. The van der Waals surface area contributed by atoms with E-state index in [1.54, 1.807) is 30.5 Å². The normalized spacial score (nSPS) is 18.9. The van der Waals surface area contributed by atoms with Gasteiger partial charge in [0.05, 0.1) is 22.5 Å². The number of hydrogen-bond acceptors (Lipinski definition) is 10. The Labute approximate surface area is 270 Å². The van der Waals surface area contributed by atoms with Crippen LogP contribution in [0.5, 0.6) is 0 Å². The molecule has 1 saturated carbocycles. The van der Waals surface area contributed by atoms with Crippen molar-refractivity contribution in [1.29, 1.82) is 0 Å². The number of halogens is 2. The van der Waals surface area contributed by atoms with E-state index in [1.165, 1.54) is 23.7 Å². The highest BCUT2D eigenvalue weighted by Gasteiger charge is 2.27. The highest BCUT2D eigenvalue weighted by molar-refractivity contribution is 7.92. The third kappa shape index (κ3) is 7.45. The predicted octanol–water partition coefficient (Wildman–Crippen LogP) is 5.22. The van der Waals surface area contributed by atoms with Gasteiger partial charge in [0, 0.05) is 42.6 Å². The van der Waals surface area contributed by atoms with Gasteiger partial charge >= 0.3 is 0 Å². The summed E-state index contributed by atoms with van der Waals surface area (Å²) in [7, 11) is -7.83. The molecule has 0 unspecified atom stereocenters. The van der Waals surface area contributed by atoms with E-state index < -0.39 is 36.6 Å². The Balaban J connectivity index is 1.28. The van der Waals surface area contributed by atoms with Gasteiger partial charge in [0.15, 0.2) is 10.0 Å². The summed E-state index contributed by atoms with van der Waals surface area (Å²) in [5.41, 5.74) is 1.92. The molecule has 2 aromatic carbocycles. The smallest absolute Gasteiger partial charge is 0.267 e. The molecule has 3 N–H and O–H groups in total. The maximum Gasteiger partial charge on any atom is 0.267 e. The molecule has 4 aromatic rings. The van der Waals surface area contributed by atoms with E-state index >= 15 is 0 Å². The molecule has 16 heteroatoms. The molecule has 0 atom stereocenters. The van der Waals surface area contributed by atoms with Gasteiger partial charge in [-0.15, -0.1) is 0 Å². The van der Waals surface area contributed by atoms with Gasteiger partial charge < -0.3 is 10.2 Å². The fourth-order valence-electron chi connectivity index (χ4n) is 5.79. The lowest BCUT2D eigenvalue weighted by molar-refractivity contribution is 0.387. The van der Waals surface area contributed by atoms with Gasteiger partial charge in [-0.2, -0.15) is 0 Å². The van der Waals surface area contributed by atoms with Gasteiger partial charge in [-0.25, -0.2) is 45.3 Å². The van der Waals surface area contributed by atoms with Crippen molar-refractivity contribution in [3.8, 4) is 21.8 Å². The average Bonchev–Trinajstić information content (AvgIpc) is 3.68. The van der Waals surface area contributed by atoms with Crippen LogP contribution in [0.1, 0.15) is 38.5 Å². The molecule has 2 aromatic heterocycles. The van der Waals surface area contributed by atoms with Crippen LogP contribution in [0.25, 0.3) is 21.8 Å². The van der Waals surface area contributed by atoms with Crippen LogP contribution in [0.4, 0.5) is 25.5 Å². The summed E-state index contributed by atoms with van der Waals surface area (Å²) in [6.07, 6.45) is 7.85. The molecule has 0 spiro atoms. The second kappa shape index (κ2) is 13.2. The number of anilines is 3. The molecule has 11 nitrogen and oxygen atoms in total. The van der Waals surface area contributed by atoms with Crippen LogP contribution in [-0.2, 0) is 20.0 Å². The largest absolute Gasteiger partial charge is 0.351 e. The molecule has 0 radical (unpaired) electrons. The Morgan fingerprint density at radius 1 is 0.891 bits per heavy atom. The van der Waals surface area contributed by atoms with E-state index in [1.807, 2.05) is 0 Å². The SMILES string of the molecule is CS(=O)(=O)N[C@H]1CC[C@H](Nc2nccc(-c3sc(N4CCCC4)nc3-c3cccc(NS(=O)(=O)c4c(F)cccc4F)c3)n2)CC1. The Bertz CT molecular complexity index is 1920. The topological polar surface area (TPSA) is 146 Å². The zero-order chi connectivity index (χ0) is 32.5. The van der Waals surface area contributed by atoms with Gasteiger partial charge in [-0.1, -0.05) is 29.5 Å². The fraction of sp³-hybridized carbons (Fsp3) is 0.367. The van der Waals surface area contributed by atoms with Gasteiger partial charge in [0.1, 0.15) is 11.6 Å². The molecule has 0 bridgehead atoms. The Morgan fingerprint density at radius 2 is 1.57 bits per heavy atom. The minimum absolute atomic E-state index is 0.0814. The van der Waals surface area contributed by atoms with Gasteiger partial charge in [0.2, 0.25) is 16.0 Å². The van der Waals surface area contributed by atoms with Gasteiger partial charge in [-0.3, -0.25) is 4.72 Å². The summed E-state index contributed by atoms with van der Waals surface area (Å²) in [5, 5.41) is 4.20. The number of sulfonamides is 2. The summed E-state index contributed by atoms with van der Waals surface area (Å²) in [5.74, 6) is -1.94. The second-order valence-electron chi connectivity index (χ2n) is 11.5. The first kappa shape index (κ1) is 32.2. The van der Waals surface area contributed by atoms with Crippen molar-refractivity contribution in [2.45, 2.75) is 55.5 Å². The van der Waals surface area contributed by atoms with E-state index in [9.17, 15) is 25.6 Å². The number of benzene rings is 2. The molecule has 6 rings (SSSR count). The van der Waals surface area contributed by atoms with E-state index in [2.05, 4.69) is 24.6 Å². The maximum absolute atomic E-state index is 14.3. The van der Waals surface area contributed by atoms with Crippen molar-refractivity contribution in [2.75, 3.05) is 34.3 Å². The van der Waals surface area contributed by atoms with Crippen LogP contribution in [0.3, 0.4) is 0 Å². The molecule has 244 valence electrons. The molecular formula is C30H33F2N7O4S3. The molecule has 1 aliphatic carbocycles. The van der Waals surface area contributed by atoms with Gasteiger partial charge in [-0.05, 0) is 68.9 Å². The lowest BCUT2D eigenvalue weighted by Gasteiger charge is -2.29. The number of nitrogens with zero attached hydrogens (tertiary/aromatic N) is 4. The van der Waals surface area contributed by atoms with Crippen LogP contribution in [0.15, 0.2) is 59.6 Å². The van der Waals surface area contributed by atoms with Crippen molar-refractivity contribution < 1.29 is 25.6 Å². The lowest BCUT2D eigenvalue weighted by Crippen LogP contribution is -2.39. The van der Waals surface area contributed by atoms with Gasteiger partial charge in [0.25, 0.3) is 10.0 Å². The molecule has 3 heterocycles. The molecule has 0 amide bonds. The molecule has 2 fully saturated rings. The highest BCUT2D eigenvalue weighted by atomic mass is 32.2. The fourth-order valence-corrected chi connectivity index (χ4v) is 8.93.